The fourth-order valence-corrected chi connectivity index (χ4v) is 7.76. The molecule has 0 amide bonds. The Morgan fingerprint density at radius 2 is 2.03 bits per heavy atom. The van der Waals surface area contributed by atoms with Crippen molar-refractivity contribution in [3.05, 3.63) is 16.7 Å². The van der Waals surface area contributed by atoms with Crippen LogP contribution >= 0.6 is 0 Å². The van der Waals surface area contributed by atoms with Crippen molar-refractivity contribution in [3.63, 3.8) is 0 Å². The average Bonchev–Trinajstić information content (AvgIpc) is 3.34. The topological polar surface area (TPSA) is 79.8 Å². The van der Waals surface area contributed by atoms with Gasteiger partial charge in [-0.2, -0.15) is 4.91 Å². The van der Waals surface area contributed by atoms with Gasteiger partial charge in [0.05, 0.1) is 12.1 Å². The first-order valence-electron chi connectivity index (χ1n) is 11.6. The second kappa shape index (κ2) is 7.16. The molecule has 0 aromatic heterocycles. The zero-order valence-corrected chi connectivity index (χ0v) is 17.8. The van der Waals surface area contributed by atoms with E-state index < -0.39 is 0 Å². The lowest BCUT2D eigenvalue weighted by molar-refractivity contribution is -0.136. The predicted octanol–water partition coefficient (Wildman–Crippen LogP) is 3.72. The minimum atomic E-state index is -0.190. The summed E-state index contributed by atoms with van der Waals surface area (Å²) in [4.78, 5) is 30.4. The van der Waals surface area contributed by atoms with Gasteiger partial charge in [-0.05, 0) is 74.7 Å². The van der Waals surface area contributed by atoms with E-state index in [0.29, 0.717) is 23.5 Å². The van der Waals surface area contributed by atoms with E-state index in [2.05, 4.69) is 35.9 Å². The van der Waals surface area contributed by atoms with Crippen LogP contribution in [0.2, 0.25) is 0 Å². The molecule has 0 bridgehead atoms. The highest BCUT2D eigenvalue weighted by atomic mass is 16.7. The molecule has 1 aliphatic heterocycles. The van der Waals surface area contributed by atoms with Gasteiger partial charge in [0.25, 0.3) is 0 Å². The number of carbonyl (C=O) groups is 1. The van der Waals surface area contributed by atoms with Crippen molar-refractivity contribution in [2.24, 2.45) is 39.7 Å². The molecule has 1 heterocycles. The number of rotatable bonds is 4. The van der Waals surface area contributed by atoms with Gasteiger partial charge in [0.15, 0.2) is 0 Å². The van der Waals surface area contributed by atoms with Crippen LogP contribution in [-0.2, 0) is 9.63 Å². The number of allylic oxidation sites excluding steroid dienone is 1. The number of carbonyl (C=O) groups excluding carboxylic acids is 1. The average molecular weight is 402 g/mol. The van der Waals surface area contributed by atoms with Crippen LogP contribution in [0.4, 0.5) is 0 Å². The number of nitrogens with one attached hydrogen (secondary N) is 2. The van der Waals surface area contributed by atoms with Crippen LogP contribution in [0.5, 0.6) is 0 Å². The van der Waals surface area contributed by atoms with Gasteiger partial charge in [0, 0.05) is 30.0 Å². The molecule has 160 valence electrons. The summed E-state index contributed by atoms with van der Waals surface area (Å²) in [5.74, 6) is 2.12. The van der Waals surface area contributed by atoms with E-state index in [9.17, 15) is 9.70 Å². The molecule has 0 radical (unpaired) electrons. The zero-order valence-electron chi connectivity index (χ0n) is 17.8. The molecule has 3 saturated carbocycles. The maximum Gasteiger partial charge on any atom is 0.139 e. The van der Waals surface area contributed by atoms with Crippen molar-refractivity contribution >= 4 is 5.78 Å². The highest BCUT2D eigenvalue weighted by Gasteiger charge is 2.61. The highest BCUT2D eigenvalue weighted by molar-refractivity contribution is 5.87. The number of nitrogens with zero attached hydrogens (tertiary/aromatic N) is 1. The Balaban J connectivity index is 1.38. The number of hydrogen-bond donors (Lipinski definition) is 2. The summed E-state index contributed by atoms with van der Waals surface area (Å²) in [5.41, 5.74) is 4.26. The first-order chi connectivity index (χ1) is 14.0. The van der Waals surface area contributed by atoms with Crippen molar-refractivity contribution < 1.29 is 9.63 Å². The van der Waals surface area contributed by atoms with Gasteiger partial charge in [-0.15, -0.1) is 0 Å². The van der Waals surface area contributed by atoms with Crippen molar-refractivity contribution in [3.8, 4) is 0 Å². The van der Waals surface area contributed by atoms with Crippen molar-refractivity contribution in [1.82, 2.24) is 10.8 Å². The Morgan fingerprint density at radius 3 is 2.79 bits per heavy atom. The van der Waals surface area contributed by atoms with E-state index in [4.69, 9.17) is 4.84 Å². The number of nitroso groups, excluding NO2 is 1. The number of Topliss-reactive ketones (excluding diaryl/α,β-unsaturated/α-hetero) is 1. The Kier molecular flexibility index (Phi) is 4.86. The van der Waals surface area contributed by atoms with E-state index in [-0.39, 0.29) is 28.9 Å². The summed E-state index contributed by atoms with van der Waals surface area (Å²) in [6.45, 7) is 6.48. The van der Waals surface area contributed by atoms with Gasteiger partial charge in [-0.25, -0.2) is 0 Å². The summed E-state index contributed by atoms with van der Waals surface area (Å²) in [5, 5.41) is 6.96. The summed E-state index contributed by atoms with van der Waals surface area (Å²) in [6, 6.07) is -0.190. The molecule has 0 aromatic rings. The van der Waals surface area contributed by atoms with Crippen molar-refractivity contribution in [1.29, 1.82) is 0 Å². The second-order valence-corrected chi connectivity index (χ2v) is 10.8. The van der Waals surface area contributed by atoms with E-state index in [1.165, 1.54) is 0 Å². The fourth-order valence-electron chi connectivity index (χ4n) is 7.76. The van der Waals surface area contributed by atoms with Gasteiger partial charge < -0.3 is 5.32 Å². The molecule has 0 aromatic carbocycles. The second-order valence-electron chi connectivity index (χ2n) is 10.8. The third kappa shape index (κ3) is 3.01. The summed E-state index contributed by atoms with van der Waals surface area (Å²) < 4.78 is 0. The van der Waals surface area contributed by atoms with Gasteiger partial charge in [0.1, 0.15) is 5.78 Å². The Labute approximate surface area is 173 Å². The maximum absolute atomic E-state index is 12.6. The SMILES string of the molecule is C[C@]12CCC(NO[C@H]3CCNC3)=CC1C(N=O)C[C@@H]1[C@@H]2CC[C@]2(C)C(=O)CC[C@@H]12. The predicted molar refractivity (Wildman–Crippen MR) is 111 cm³/mol. The van der Waals surface area contributed by atoms with Gasteiger partial charge in [0.2, 0.25) is 0 Å². The smallest absolute Gasteiger partial charge is 0.139 e. The van der Waals surface area contributed by atoms with Crippen LogP contribution in [0.1, 0.15) is 65.2 Å². The monoisotopic (exact) mass is 401 g/mol. The Bertz CT molecular complexity index is 718. The third-order valence-electron chi connectivity index (χ3n) is 9.50. The quantitative estimate of drug-likeness (QED) is 0.554. The number of ketones is 1. The fraction of sp³-hybridized carbons (Fsp3) is 0.870. The third-order valence-corrected chi connectivity index (χ3v) is 9.50. The lowest BCUT2D eigenvalue weighted by atomic mass is 9.45. The van der Waals surface area contributed by atoms with Crippen LogP contribution in [-0.4, -0.2) is 31.0 Å². The highest BCUT2D eigenvalue weighted by Crippen LogP contribution is 2.65. The molecule has 0 spiro atoms. The summed E-state index contributed by atoms with van der Waals surface area (Å²) >= 11 is 0. The molecule has 4 fully saturated rings. The van der Waals surface area contributed by atoms with Crippen molar-refractivity contribution in [2.45, 2.75) is 77.4 Å². The lowest BCUT2D eigenvalue weighted by Gasteiger charge is -2.59. The number of hydroxylamine groups is 1. The van der Waals surface area contributed by atoms with Crippen LogP contribution in [0.15, 0.2) is 16.9 Å². The molecule has 5 rings (SSSR count). The molecule has 6 nitrogen and oxygen atoms in total. The molecular weight excluding hydrogens is 366 g/mol. The molecule has 2 unspecified atom stereocenters. The first kappa shape index (κ1) is 19.7. The molecular formula is C23H35N3O3. The molecule has 29 heavy (non-hydrogen) atoms. The van der Waals surface area contributed by atoms with E-state index in [1.54, 1.807) is 0 Å². The van der Waals surface area contributed by atoms with Crippen LogP contribution in [0.25, 0.3) is 0 Å². The van der Waals surface area contributed by atoms with Crippen LogP contribution in [0.3, 0.4) is 0 Å². The van der Waals surface area contributed by atoms with Crippen LogP contribution < -0.4 is 10.8 Å². The van der Waals surface area contributed by atoms with E-state index in [0.717, 1.165) is 70.2 Å². The molecule has 1 saturated heterocycles. The molecule has 6 heteroatoms. The lowest BCUT2D eigenvalue weighted by Crippen LogP contribution is -2.56. The zero-order chi connectivity index (χ0) is 20.2. The number of hydrogen-bond acceptors (Lipinski definition) is 6. The molecule has 2 N–H and O–H groups in total. The summed E-state index contributed by atoms with van der Waals surface area (Å²) in [6.07, 6.45) is 10.3. The Hall–Kier alpha value is -1.27. The minimum Gasteiger partial charge on any atom is -0.314 e. The maximum atomic E-state index is 12.6. The first-order valence-corrected chi connectivity index (χ1v) is 11.6. The van der Waals surface area contributed by atoms with E-state index >= 15 is 0 Å². The van der Waals surface area contributed by atoms with Gasteiger partial charge >= 0.3 is 0 Å². The standard InChI is InChI=1S/C23H35N3O3/c1-22-8-5-14(26-29-15-7-10-24-13-15)11-19(22)20(25-28)12-16-17-3-4-21(27)23(17,2)9-6-18(16)22/h11,15-20,24,26H,3-10,12-13H2,1-2H3/t15-,16-,17-,18-,19?,20?,22+,23-/m0/s1. The summed E-state index contributed by atoms with van der Waals surface area (Å²) in [7, 11) is 0. The van der Waals surface area contributed by atoms with Crippen LogP contribution in [0, 0.1) is 39.4 Å². The molecule has 5 aliphatic rings. The Morgan fingerprint density at radius 1 is 1.17 bits per heavy atom. The van der Waals surface area contributed by atoms with Gasteiger partial charge in [-0.3, -0.25) is 15.1 Å². The largest absolute Gasteiger partial charge is 0.314 e. The minimum absolute atomic E-state index is 0.0918. The molecule has 4 aliphatic carbocycles. The number of fused-ring (bicyclic) bond motifs is 5. The molecule has 8 atom stereocenters. The van der Waals surface area contributed by atoms with Crippen molar-refractivity contribution in [2.75, 3.05) is 13.1 Å². The normalized spacial score (nSPS) is 49.0. The van der Waals surface area contributed by atoms with E-state index in [1.807, 2.05) is 0 Å². The van der Waals surface area contributed by atoms with Gasteiger partial charge in [-0.1, -0.05) is 25.1 Å².